The molecular weight excluding hydrogens is 403 g/mol. The van der Waals surface area contributed by atoms with Crippen molar-refractivity contribution in [1.82, 2.24) is 25.2 Å². The predicted octanol–water partition coefficient (Wildman–Crippen LogP) is 3.26. The van der Waals surface area contributed by atoms with Crippen LogP contribution in [0.3, 0.4) is 0 Å². The third-order valence-electron chi connectivity index (χ3n) is 4.40. The number of alkyl halides is 3. The number of amides is 1. The molecule has 1 atom stereocenters. The van der Waals surface area contributed by atoms with Crippen LogP contribution in [-0.2, 0) is 11.0 Å². The van der Waals surface area contributed by atoms with Crippen LogP contribution < -0.4 is 5.32 Å². The predicted molar refractivity (Wildman–Crippen MR) is 98.0 cm³/mol. The van der Waals surface area contributed by atoms with Gasteiger partial charge in [0, 0.05) is 0 Å². The average molecular weight is 421 g/mol. The number of halogens is 3. The molecule has 1 amide bonds. The van der Waals surface area contributed by atoms with Gasteiger partial charge in [-0.1, -0.05) is 11.2 Å². The second-order valence-electron chi connectivity index (χ2n) is 6.71. The van der Waals surface area contributed by atoms with Crippen molar-refractivity contribution < 1.29 is 27.3 Å². The fourth-order valence-electron chi connectivity index (χ4n) is 2.96. The minimum absolute atomic E-state index is 0.0128. The molecule has 8 nitrogen and oxygen atoms in total. The normalized spacial score (nSPS) is 12.6. The van der Waals surface area contributed by atoms with Crippen molar-refractivity contribution in [3.8, 4) is 5.69 Å². The number of carbonyl (C=O) groups is 2. The number of nitrogens with zero attached hydrogens (tertiary/aromatic N) is 4. The Hall–Kier alpha value is -3.50. The number of aromatic nitrogens is 4. The number of hydrogen-bond donors (Lipinski definition) is 1. The summed E-state index contributed by atoms with van der Waals surface area (Å²) < 4.78 is 45.2. The van der Waals surface area contributed by atoms with Gasteiger partial charge in [-0.05, 0) is 45.9 Å². The Morgan fingerprint density at radius 2 is 1.90 bits per heavy atom. The van der Waals surface area contributed by atoms with E-state index in [1.807, 2.05) is 0 Å². The Kier molecular flexibility index (Phi) is 5.47. The van der Waals surface area contributed by atoms with E-state index in [4.69, 9.17) is 4.52 Å². The summed E-state index contributed by atoms with van der Waals surface area (Å²) in [4.78, 5) is 29.1. The zero-order chi connectivity index (χ0) is 22.2. The molecule has 0 aliphatic heterocycles. The number of benzene rings is 1. The molecule has 2 heterocycles. The standard InChI is InChI=1S/C19H18F3N5O3/c1-9-15(16(28)17(29)23-10(2)18-24-12(4)26-30-18)11(3)27(25-9)14-7-5-6-13(8-14)19(20,21)22/h5-8,10H,1-4H3,(H,23,29). The van der Waals surface area contributed by atoms with E-state index in [9.17, 15) is 22.8 Å². The van der Waals surface area contributed by atoms with Crippen molar-refractivity contribution in [2.75, 3.05) is 0 Å². The molecule has 0 radical (unpaired) electrons. The van der Waals surface area contributed by atoms with Crippen LogP contribution in [0.2, 0.25) is 0 Å². The Morgan fingerprint density at radius 1 is 1.20 bits per heavy atom. The third kappa shape index (κ3) is 4.09. The SMILES string of the molecule is Cc1noc(C(C)NC(=O)C(=O)c2c(C)nn(-c3cccc(C(F)(F)F)c3)c2C)n1. The lowest BCUT2D eigenvalue weighted by Gasteiger charge is -2.11. The second kappa shape index (κ2) is 7.73. The minimum Gasteiger partial charge on any atom is -0.338 e. The van der Waals surface area contributed by atoms with Gasteiger partial charge in [-0.2, -0.15) is 23.3 Å². The van der Waals surface area contributed by atoms with E-state index in [1.54, 1.807) is 13.8 Å². The summed E-state index contributed by atoms with van der Waals surface area (Å²) in [5.41, 5.74) is -0.250. The van der Waals surface area contributed by atoms with Gasteiger partial charge in [0.2, 0.25) is 5.89 Å². The van der Waals surface area contributed by atoms with Crippen molar-refractivity contribution in [2.45, 2.75) is 39.9 Å². The highest BCUT2D eigenvalue weighted by atomic mass is 19.4. The van der Waals surface area contributed by atoms with Crippen molar-refractivity contribution in [1.29, 1.82) is 0 Å². The van der Waals surface area contributed by atoms with Gasteiger partial charge in [0.25, 0.3) is 11.7 Å². The van der Waals surface area contributed by atoms with Gasteiger partial charge in [-0.15, -0.1) is 0 Å². The highest BCUT2D eigenvalue weighted by Gasteiger charge is 2.31. The lowest BCUT2D eigenvalue weighted by atomic mass is 10.1. The Balaban J connectivity index is 1.88. The first-order chi connectivity index (χ1) is 14.0. The molecule has 0 aliphatic carbocycles. The zero-order valence-corrected chi connectivity index (χ0v) is 16.5. The summed E-state index contributed by atoms with van der Waals surface area (Å²) >= 11 is 0. The molecule has 0 aliphatic rings. The van der Waals surface area contributed by atoms with Crippen molar-refractivity contribution in [3.05, 3.63) is 58.5 Å². The van der Waals surface area contributed by atoms with Crippen LogP contribution in [0.1, 0.15) is 52.0 Å². The molecule has 3 aromatic rings. The smallest absolute Gasteiger partial charge is 0.338 e. The molecule has 1 N–H and O–H groups in total. The first kappa shape index (κ1) is 21.2. The molecule has 0 saturated heterocycles. The molecule has 0 saturated carbocycles. The number of ketones is 1. The van der Waals surface area contributed by atoms with E-state index in [2.05, 4.69) is 20.6 Å². The van der Waals surface area contributed by atoms with Crippen LogP contribution in [0.4, 0.5) is 13.2 Å². The molecule has 11 heteroatoms. The number of nitrogens with one attached hydrogen (secondary N) is 1. The first-order valence-corrected chi connectivity index (χ1v) is 8.88. The molecular formula is C19H18F3N5O3. The van der Waals surface area contributed by atoms with Crippen molar-refractivity contribution in [2.24, 2.45) is 0 Å². The van der Waals surface area contributed by atoms with Crippen LogP contribution >= 0.6 is 0 Å². The highest BCUT2D eigenvalue weighted by Crippen LogP contribution is 2.31. The van der Waals surface area contributed by atoms with Crippen LogP contribution in [0.25, 0.3) is 5.69 Å². The van der Waals surface area contributed by atoms with Crippen LogP contribution in [-0.4, -0.2) is 31.6 Å². The van der Waals surface area contributed by atoms with Gasteiger partial charge in [0.05, 0.1) is 28.2 Å². The Labute approximate surface area is 169 Å². The molecule has 0 spiro atoms. The number of aryl methyl sites for hydroxylation is 2. The summed E-state index contributed by atoms with van der Waals surface area (Å²) in [5.74, 6) is -1.27. The van der Waals surface area contributed by atoms with Gasteiger partial charge in [0.1, 0.15) is 6.04 Å². The van der Waals surface area contributed by atoms with E-state index in [-0.39, 0.29) is 28.5 Å². The summed E-state index contributed by atoms with van der Waals surface area (Å²) in [6.45, 7) is 6.19. The quantitative estimate of drug-likeness (QED) is 0.501. The van der Waals surface area contributed by atoms with Crippen LogP contribution in [0, 0.1) is 20.8 Å². The van der Waals surface area contributed by atoms with E-state index < -0.39 is 29.5 Å². The first-order valence-electron chi connectivity index (χ1n) is 8.88. The van der Waals surface area contributed by atoms with Gasteiger partial charge >= 0.3 is 6.18 Å². The zero-order valence-electron chi connectivity index (χ0n) is 16.5. The van der Waals surface area contributed by atoms with Gasteiger partial charge < -0.3 is 9.84 Å². The highest BCUT2D eigenvalue weighted by molar-refractivity contribution is 6.43. The van der Waals surface area contributed by atoms with Crippen LogP contribution in [0.15, 0.2) is 28.8 Å². The van der Waals surface area contributed by atoms with Crippen molar-refractivity contribution in [3.63, 3.8) is 0 Å². The Bertz CT molecular complexity index is 1120. The number of Topliss-reactive ketones (excluding diaryl/α,β-unsaturated/α-hetero) is 1. The number of carbonyl (C=O) groups excluding carboxylic acids is 2. The third-order valence-corrected chi connectivity index (χ3v) is 4.40. The summed E-state index contributed by atoms with van der Waals surface area (Å²) in [7, 11) is 0. The molecule has 30 heavy (non-hydrogen) atoms. The summed E-state index contributed by atoms with van der Waals surface area (Å²) in [5, 5.41) is 10.2. The van der Waals surface area contributed by atoms with E-state index >= 15 is 0 Å². The molecule has 1 unspecified atom stereocenters. The van der Waals surface area contributed by atoms with Crippen molar-refractivity contribution >= 4 is 11.7 Å². The van der Waals surface area contributed by atoms with Crippen LogP contribution in [0.5, 0.6) is 0 Å². The minimum atomic E-state index is -4.52. The fourth-order valence-corrected chi connectivity index (χ4v) is 2.96. The molecule has 1 aromatic carbocycles. The maximum Gasteiger partial charge on any atom is 0.416 e. The molecule has 2 aromatic heterocycles. The largest absolute Gasteiger partial charge is 0.416 e. The van der Waals surface area contributed by atoms with Gasteiger partial charge in [-0.3, -0.25) is 9.59 Å². The van der Waals surface area contributed by atoms with E-state index in [0.717, 1.165) is 12.1 Å². The molecule has 158 valence electrons. The van der Waals surface area contributed by atoms with Gasteiger partial charge in [0.15, 0.2) is 5.82 Å². The maximum absolute atomic E-state index is 13.0. The lowest BCUT2D eigenvalue weighted by molar-refractivity contribution is -0.137. The van der Waals surface area contributed by atoms with E-state index in [0.29, 0.717) is 5.82 Å². The summed E-state index contributed by atoms with van der Waals surface area (Å²) in [6, 6.07) is 3.84. The van der Waals surface area contributed by atoms with Gasteiger partial charge in [-0.25, -0.2) is 4.68 Å². The lowest BCUT2D eigenvalue weighted by Crippen LogP contribution is -2.33. The average Bonchev–Trinajstić information content (AvgIpc) is 3.23. The number of rotatable bonds is 5. The molecule has 0 bridgehead atoms. The second-order valence-corrected chi connectivity index (χ2v) is 6.71. The topological polar surface area (TPSA) is 103 Å². The summed E-state index contributed by atoms with van der Waals surface area (Å²) in [6.07, 6.45) is -4.52. The maximum atomic E-state index is 13.0. The monoisotopic (exact) mass is 421 g/mol. The number of hydrogen-bond acceptors (Lipinski definition) is 6. The molecule has 3 rings (SSSR count). The Morgan fingerprint density at radius 3 is 2.50 bits per heavy atom. The molecule has 0 fully saturated rings. The fraction of sp³-hybridized carbons (Fsp3) is 0.316. The van der Waals surface area contributed by atoms with E-state index in [1.165, 1.54) is 30.7 Å².